The summed E-state index contributed by atoms with van der Waals surface area (Å²) in [6, 6.07) is 10.5. The van der Waals surface area contributed by atoms with Crippen LogP contribution in [0, 0.1) is 0 Å². The second-order valence-electron chi connectivity index (χ2n) is 5.07. The lowest BCUT2D eigenvalue weighted by Gasteiger charge is -2.07. The fourth-order valence-electron chi connectivity index (χ4n) is 2.42. The zero-order valence-electron chi connectivity index (χ0n) is 11.9. The third-order valence-corrected chi connectivity index (χ3v) is 4.90. The first-order chi connectivity index (χ1) is 10.9. The summed E-state index contributed by atoms with van der Waals surface area (Å²) >= 11 is 12.7. The van der Waals surface area contributed by atoms with E-state index in [9.17, 15) is 9.90 Å². The lowest BCUT2D eigenvalue weighted by atomic mass is 9.99. The number of hydrogen-bond acceptors (Lipinski definition) is 3. The standard InChI is InChI=1S/C17H11Br2ClO3/c1-8(20)17-14(10-4-2-3-5-13(10)23-17)15(21)9-6-11(18)16(22)12(19)7-9/h2-8,22H,1H3. The number of para-hydroxylation sites is 1. The fourth-order valence-corrected chi connectivity index (χ4v) is 3.76. The maximum Gasteiger partial charge on any atom is 0.197 e. The SMILES string of the molecule is CC(Cl)c1oc2ccccc2c1C(=O)c1cc(Br)c(O)c(Br)c1. The maximum atomic E-state index is 13.0. The van der Waals surface area contributed by atoms with Crippen LogP contribution in [0.1, 0.15) is 34.0 Å². The Balaban J connectivity index is 2.23. The molecule has 0 fully saturated rings. The van der Waals surface area contributed by atoms with Gasteiger partial charge in [-0.05, 0) is 57.0 Å². The first-order valence-corrected chi connectivity index (χ1v) is 8.80. The van der Waals surface area contributed by atoms with E-state index >= 15 is 0 Å². The van der Waals surface area contributed by atoms with Crippen molar-refractivity contribution in [2.75, 3.05) is 0 Å². The number of aromatic hydroxyl groups is 1. The number of rotatable bonds is 3. The van der Waals surface area contributed by atoms with Gasteiger partial charge in [-0.25, -0.2) is 0 Å². The van der Waals surface area contributed by atoms with Crippen LogP contribution in [0.4, 0.5) is 0 Å². The zero-order valence-corrected chi connectivity index (χ0v) is 15.9. The van der Waals surface area contributed by atoms with Crippen LogP contribution >= 0.6 is 43.5 Å². The second kappa shape index (κ2) is 6.30. The number of halogens is 3. The molecule has 23 heavy (non-hydrogen) atoms. The van der Waals surface area contributed by atoms with E-state index in [1.165, 1.54) is 0 Å². The molecule has 1 N–H and O–H groups in total. The normalized spacial score (nSPS) is 12.5. The van der Waals surface area contributed by atoms with Gasteiger partial charge in [0.2, 0.25) is 0 Å². The number of benzene rings is 2. The molecule has 1 unspecified atom stereocenters. The van der Waals surface area contributed by atoms with Crippen LogP contribution in [0.2, 0.25) is 0 Å². The van der Waals surface area contributed by atoms with E-state index in [1.54, 1.807) is 25.1 Å². The molecule has 0 aliphatic rings. The average Bonchev–Trinajstić information content (AvgIpc) is 2.91. The first kappa shape index (κ1) is 16.6. The van der Waals surface area contributed by atoms with Crippen molar-refractivity contribution in [3.63, 3.8) is 0 Å². The lowest BCUT2D eigenvalue weighted by Crippen LogP contribution is -2.04. The van der Waals surface area contributed by atoms with E-state index in [0.717, 1.165) is 5.39 Å². The van der Waals surface area contributed by atoms with Gasteiger partial charge in [-0.3, -0.25) is 4.79 Å². The zero-order chi connectivity index (χ0) is 16.7. The summed E-state index contributed by atoms with van der Waals surface area (Å²) in [5, 5.41) is 10.1. The highest BCUT2D eigenvalue weighted by Crippen LogP contribution is 2.37. The average molecular weight is 459 g/mol. The summed E-state index contributed by atoms with van der Waals surface area (Å²) in [5.74, 6) is 0.279. The van der Waals surface area contributed by atoms with Crippen molar-refractivity contribution in [3.8, 4) is 5.75 Å². The van der Waals surface area contributed by atoms with Gasteiger partial charge in [0.25, 0.3) is 0 Å². The van der Waals surface area contributed by atoms with E-state index in [2.05, 4.69) is 31.9 Å². The number of ketones is 1. The molecule has 6 heteroatoms. The number of furan rings is 1. The fraction of sp³-hybridized carbons (Fsp3) is 0.118. The van der Waals surface area contributed by atoms with E-state index in [-0.39, 0.29) is 11.5 Å². The molecule has 118 valence electrons. The predicted octanol–water partition coefficient (Wildman–Crippen LogP) is 6.19. The molecule has 0 bridgehead atoms. The highest BCUT2D eigenvalue weighted by molar-refractivity contribution is 9.11. The van der Waals surface area contributed by atoms with Gasteiger partial charge in [-0.1, -0.05) is 18.2 Å². The molecule has 0 amide bonds. The Morgan fingerprint density at radius 1 is 1.22 bits per heavy atom. The molecule has 1 atom stereocenters. The summed E-state index contributed by atoms with van der Waals surface area (Å²) in [6.45, 7) is 1.76. The molecule has 0 aliphatic heterocycles. The minimum absolute atomic E-state index is 0.0459. The molecule has 1 heterocycles. The van der Waals surface area contributed by atoms with Crippen LogP contribution in [-0.2, 0) is 0 Å². The number of carbonyl (C=O) groups excluding carboxylic acids is 1. The summed E-state index contributed by atoms with van der Waals surface area (Å²) in [5.41, 5.74) is 1.49. The van der Waals surface area contributed by atoms with Gasteiger partial charge in [-0.2, -0.15) is 0 Å². The van der Waals surface area contributed by atoms with Gasteiger partial charge in [-0.15, -0.1) is 11.6 Å². The van der Waals surface area contributed by atoms with Gasteiger partial charge in [0.1, 0.15) is 17.1 Å². The van der Waals surface area contributed by atoms with E-state index in [0.29, 0.717) is 31.4 Å². The molecule has 3 nitrogen and oxygen atoms in total. The number of fused-ring (bicyclic) bond motifs is 1. The van der Waals surface area contributed by atoms with Crippen molar-refractivity contribution >= 4 is 60.2 Å². The molecule has 0 saturated carbocycles. The number of alkyl halides is 1. The largest absolute Gasteiger partial charge is 0.506 e. The molecule has 3 aromatic rings. The number of carbonyl (C=O) groups is 1. The Hall–Kier alpha value is -1.30. The van der Waals surface area contributed by atoms with E-state index in [4.69, 9.17) is 16.0 Å². The minimum Gasteiger partial charge on any atom is -0.506 e. The van der Waals surface area contributed by atoms with Crippen LogP contribution in [0.5, 0.6) is 5.75 Å². The smallest absolute Gasteiger partial charge is 0.197 e. The Morgan fingerprint density at radius 3 is 2.43 bits per heavy atom. The molecule has 3 rings (SSSR count). The lowest BCUT2D eigenvalue weighted by molar-refractivity contribution is 0.103. The van der Waals surface area contributed by atoms with Crippen LogP contribution in [0.15, 0.2) is 49.8 Å². The predicted molar refractivity (Wildman–Crippen MR) is 97.4 cm³/mol. The van der Waals surface area contributed by atoms with Gasteiger partial charge in [0.05, 0.1) is 19.9 Å². The summed E-state index contributed by atoms with van der Waals surface area (Å²) in [7, 11) is 0. The molecular weight excluding hydrogens is 447 g/mol. The number of phenolic OH excluding ortho intramolecular Hbond substituents is 1. The molecule has 0 spiro atoms. The molecule has 0 saturated heterocycles. The Morgan fingerprint density at radius 2 is 1.83 bits per heavy atom. The van der Waals surface area contributed by atoms with Crippen LogP contribution in [-0.4, -0.2) is 10.9 Å². The van der Waals surface area contributed by atoms with Crippen molar-refractivity contribution in [2.45, 2.75) is 12.3 Å². The highest BCUT2D eigenvalue weighted by Gasteiger charge is 2.25. The summed E-state index contributed by atoms with van der Waals surface area (Å²) in [4.78, 5) is 13.0. The molecule has 0 aliphatic carbocycles. The van der Waals surface area contributed by atoms with Crippen molar-refractivity contribution in [1.29, 1.82) is 0 Å². The molecule has 2 aromatic carbocycles. The molecule has 1 aromatic heterocycles. The Labute approximate surface area is 154 Å². The Bertz CT molecular complexity index is 892. The van der Waals surface area contributed by atoms with Gasteiger partial charge < -0.3 is 9.52 Å². The topological polar surface area (TPSA) is 50.4 Å². The Kier molecular flexibility index (Phi) is 4.54. The van der Waals surface area contributed by atoms with Gasteiger partial charge in [0.15, 0.2) is 5.78 Å². The summed E-state index contributed by atoms with van der Waals surface area (Å²) < 4.78 is 6.63. The number of hydrogen-bond donors (Lipinski definition) is 1. The molecular formula is C17H11Br2ClO3. The van der Waals surface area contributed by atoms with Gasteiger partial charge in [0, 0.05) is 10.9 Å². The first-order valence-electron chi connectivity index (χ1n) is 6.78. The van der Waals surface area contributed by atoms with Crippen LogP contribution in [0.3, 0.4) is 0 Å². The molecule has 0 radical (unpaired) electrons. The minimum atomic E-state index is -0.439. The van der Waals surface area contributed by atoms with Crippen molar-refractivity contribution in [2.24, 2.45) is 0 Å². The maximum absolute atomic E-state index is 13.0. The third kappa shape index (κ3) is 2.93. The van der Waals surface area contributed by atoms with Crippen LogP contribution in [0.25, 0.3) is 11.0 Å². The van der Waals surface area contributed by atoms with Crippen molar-refractivity contribution < 1.29 is 14.3 Å². The monoisotopic (exact) mass is 456 g/mol. The third-order valence-electron chi connectivity index (χ3n) is 3.49. The van der Waals surface area contributed by atoms with E-state index in [1.807, 2.05) is 18.2 Å². The highest BCUT2D eigenvalue weighted by atomic mass is 79.9. The summed E-state index contributed by atoms with van der Waals surface area (Å²) in [6.07, 6.45) is 0. The second-order valence-corrected chi connectivity index (χ2v) is 7.43. The van der Waals surface area contributed by atoms with Crippen molar-refractivity contribution in [3.05, 3.63) is 62.2 Å². The van der Waals surface area contributed by atoms with Crippen molar-refractivity contribution in [1.82, 2.24) is 0 Å². The van der Waals surface area contributed by atoms with E-state index < -0.39 is 5.38 Å². The van der Waals surface area contributed by atoms with Crippen LogP contribution < -0.4 is 0 Å². The van der Waals surface area contributed by atoms with Gasteiger partial charge >= 0.3 is 0 Å². The quantitative estimate of drug-likeness (QED) is 0.376. The number of phenols is 1.